The summed E-state index contributed by atoms with van der Waals surface area (Å²) < 4.78 is 0. The van der Waals surface area contributed by atoms with Crippen molar-refractivity contribution in [2.75, 3.05) is 0 Å². The fraction of sp³-hybridized carbons (Fsp3) is 0.875. The standard InChI is InChI=1S/C8H12O2/c9-7(10)3-6-4-8(5-6)1-2-8/h6H,1-5H2,(H,9,10). The van der Waals surface area contributed by atoms with Crippen LogP contribution in [0.2, 0.25) is 0 Å². The highest BCUT2D eigenvalue weighted by atomic mass is 16.4. The highest BCUT2D eigenvalue weighted by molar-refractivity contribution is 5.67. The highest BCUT2D eigenvalue weighted by Gasteiger charge is 2.52. The van der Waals surface area contributed by atoms with Crippen molar-refractivity contribution in [3.63, 3.8) is 0 Å². The van der Waals surface area contributed by atoms with Crippen LogP contribution in [0.1, 0.15) is 32.1 Å². The van der Waals surface area contributed by atoms with Gasteiger partial charge in [0.2, 0.25) is 0 Å². The Morgan fingerprint density at radius 3 is 2.50 bits per heavy atom. The van der Waals surface area contributed by atoms with Gasteiger partial charge in [-0.2, -0.15) is 0 Å². The van der Waals surface area contributed by atoms with Gasteiger partial charge in [-0.1, -0.05) is 0 Å². The van der Waals surface area contributed by atoms with Gasteiger partial charge in [0.1, 0.15) is 0 Å². The van der Waals surface area contributed by atoms with Crippen molar-refractivity contribution in [2.45, 2.75) is 32.1 Å². The maximum absolute atomic E-state index is 10.2. The van der Waals surface area contributed by atoms with E-state index in [1.54, 1.807) is 0 Å². The summed E-state index contributed by atoms with van der Waals surface area (Å²) >= 11 is 0. The summed E-state index contributed by atoms with van der Waals surface area (Å²) in [6.45, 7) is 0. The molecule has 2 saturated carbocycles. The molecular formula is C8H12O2. The predicted octanol–water partition coefficient (Wildman–Crippen LogP) is 1.65. The first kappa shape index (κ1) is 6.20. The van der Waals surface area contributed by atoms with Crippen molar-refractivity contribution in [2.24, 2.45) is 11.3 Å². The molecule has 0 bridgehead atoms. The van der Waals surface area contributed by atoms with Gasteiger partial charge in [-0.05, 0) is 37.0 Å². The lowest BCUT2D eigenvalue weighted by atomic mass is 9.70. The first-order chi connectivity index (χ1) is 4.70. The fourth-order valence-electron chi connectivity index (χ4n) is 2.14. The molecule has 0 aromatic carbocycles. The van der Waals surface area contributed by atoms with E-state index >= 15 is 0 Å². The second kappa shape index (κ2) is 1.74. The number of hydrogen-bond acceptors (Lipinski definition) is 1. The summed E-state index contributed by atoms with van der Waals surface area (Å²) in [6, 6.07) is 0. The SMILES string of the molecule is O=C(O)CC1CC2(CC2)C1. The summed E-state index contributed by atoms with van der Waals surface area (Å²) in [5, 5.41) is 8.44. The van der Waals surface area contributed by atoms with Gasteiger partial charge in [0, 0.05) is 6.42 Å². The van der Waals surface area contributed by atoms with Gasteiger partial charge in [0.05, 0.1) is 0 Å². The molecule has 10 heavy (non-hydrogen) atoms. The van der Waals surface area contributed by atoms with Gasteiger partial charge < -0.3 is 5.11 Å². The lowest BCUT2D eigenvalue weighted by molar-refractivity contribution is -0.139. The fourth-order valence-corrected chi connectivity index (χ4v) is 2.14. The molecule has 0 aliphatic heterocycles. The minimum atomic E-state index is -0.625. The average molecular weight is 140 g/mol. The van der Waals surface area contributed by atoms with E-state index in [9.17, 15) is 4.79 Å². The van der Waals surface area contributed by atoms with E-state index in [2.05, 4.69) is 0 Å². The minimum absolute atomic E-state index is 0.405. The molecule has 56 valence electrons. The molecule has 0 aromatic heterocycles. The molecule has 0 atom stereocenters. The maximum Gasteiger partial charge on any atom is 0.303 e. The van der Waals surface area contributed by atoms with Gasteiger partial charge in [-0.15, -0.1) is 0 Å². The van der Waals surface area contributed by atoms with Crippen molar-refractivity contribution in [1.29, 1.82) is 0 Å². The molecule has 0 saturated heterocycles. The van der Waals surface area contributed by atoms with Crippen molar-refractivity contribution in [3.8, 4) is 0 Å². The largest absolute Gasteiger partial charge is 0.481 e. The topological polar surface area (TPSA) is 37.3 Å². The zero-order valence-electron chi connectivity index (χ0n) is 5.97. The van der Waals surface area contributed by atoms with E-state index in [4.69, 9.17) is 5.11 Å². The van der Waals surface area contributed by atoms with E-state index in [1.807, 2.05) is 0 Å². The van der Waals surface area contributed by atoms with Crippen LogP contribution in [0.25, 0.3) is 0 Å². The van der Waals surface area contributed by atoms with Crippen molar-refractivity contribution < 1.29 is 9.90 Å². The highest BCUT2D eigenvalue weighted by Crippen LogP contribution is 2.63. The molecule has 2 fully saturated rings. The normalized spacial score (nSPS) is 28.0. The Balaban J connectivity index is 1.75. The number of carbonyl (C=O) groups is 1. The second-order valence-electron chi connectivity index (χ2n) is 3.87. The molecule has 2 aliphatic rings. The Hall–Kier alpha value is -0.530. The summed E-state index contributed by atoms with van der Waals surface area (Å²) in [6.07, 6.45) is 5.52. The maximum atomic E-state index is 10.2. The Bertz CT molecular complexity index is 162. The lowest BCUT2D eigenvalue weighted by Crippen LogP contribution is -2.26. The van der Waals surface area contributed by atoms with Crippen molar-refractivity contribution in [3.05, 3.63) is 0 Å². The van der Waals surface area contributed by atoms with Crippen LogP contribution in [0, 0.1) is 11.3 Å². The molecule has 0 radical (unpaired) electrons. The average Bonchev–Trinajstić information content (AvgIpc) is 2.41. The van der Waals surface area contributed by atoms with Crippen LogP contribution in [0.15, 0.2) is 0 Å². The minimum Gasteiger partial charge on any atom is -0.481 e. The molecule has 1 N–H and O–H groups in total. The summed E-state index contributed by atoms with van der Waals surface area (Å²) in [7, 11) is 0. The molecule has 0 unspecified atom stereocenters. The molecule has 0 amide bonds. The lowest BCUT2D eigenvalue weighted by Gasteiger charge is -2.34. The zero-order valence-corrected chi connectivity index (χ0v) is 5.97. The Morgan fingerprint density at radius 2 is 2.10 bits per heavy atom. The van der Waals surface area contributed by atoms with Crippen LogP contribution in [0.4, 0.5) is 0 Å². The third-order valence-corrected chi connectivity index (χ3v) is 2.86. The molecule has 0 heterocycles. The molecular weight excluding hydrogens is 128 g/mol. The third kappa shape index (κ3) is 0.917. The third-order valence-electron chi connectivity index (χ3n) is 2.86. The molecule has 2 heteroatoms. The number of aliphatic carboxylic acids is 1. The molecule has 0 aromatic rings. The number of carboxylic acid groups (broad SMARTS) is 1. The van der Waals surface area contributed by atoms with E-state index in [1.165, 1.54) is 25.7 Å². The van der Waals surface area contributed by atoms with E-state index in [0.29, 0.717) is 17.8 Å². The predicted molar refractivity (Wildman–Crippen MR) is 36.6 cm³/mol. The van der Waals surface area contributed by atoms with Crippen LogP contribution in [-0.2, 0) is 4.79 Å². The van der Waals surface area contributed by atoms with E-state index in [-0.39, 0.29) is 0 Å². The summed E-state index contributed by atoms with van der Waals surface area (Å²) in [5.41, 5.74) is 0.667. The van der Waals surface area contributed by atoms with Gasteiger partial charge in [0.25, 0.3) is 0 Å². The van der Waals surface area contributed by atoms with E-state index in [0.717, 1.165) is 0 Å². The van der Waals surface area contributed by atoms with Gasteiger partial charge >= 0.3 is 5.97 Å². The van der Waals surface area contributed by atoms with Crippen LogP contribution < -0.4 is 0 Å². The van der Waals surface area contributed by atoms with Gasteiger partial charge in [0.15, 0.2) is 0 Å². The van der Waals surface area contributed by atoms with Crippen molar-refractivity contribution >= 4 is 5.97 Å². The van der Waals surface area contributed by atoms with Crippen LogP contribution in [-0.4, -0.2) is 11.1 Å². The molecule has 2 rings (SSSR count). The first-order valence-corrected chi connectivity index (χ1v) is 3.92. The Morgan fingerprint density at radius 1 is 1.50 bits per heavy atom. The molecule has 2 nitrogen and oxygen atoms in total. The number of carboxylic acids is 1. The number of hydrogen-bond donors (Lipinski definition) is 1. The first-order valence-electron chi connectivity index (χ1n) is 3.92. The zero-order chi connectivity index (χ0) is 7.19. The monoisotopic (exact) mass is 140 g/mol. The number of rotatable bonds is 2. The molecule has 2 aliphatic carbocycles. The Kier molecular flexibility index (Phi) is 1.08. The van der Waals surface area contributed by atoms with E-state index < -0.39 is 5.97 Å². The second-order valence-corrected chi connectivity index (χ2v) is 3.87. The quantitative estimate of drug-likeness (QED) is 0.633. The molecule has 1 spiro atoms. The van der Waals surface area contributed by atoms with Gasteiger partial charge in [-0.3, -0.25) is 4.79 Å². The van der Waals surface area contributed by atoms with Gasteiger partial charge in [-0.25, -0.2) is 0 Å². The summed E-state index contributed by atoms with van der Waals surface area (Å²) in [5.74, 6) is -0.111. The Labute approximate surface area is 60.2 Å². The van der Waals surface area contributed by atoms with Crippen LogP contribution in [0.3, 0.4) is 0 Å². The van der Waals surface area contributed by atoms with Crippen LogP contribution in [0.5, 0.6) is 0 Å². The smallest absolute Gasteiger partial charge is 0.303 e. The van der Waals surface area contributed by atoms with Crippen LogP contribution >= 0.6 is 0 Å². The summed E-state index contributed by atoms with van der Waals surface area (Å²) in [4.78, 5) is 10.2. The van der Waals surface area contributed by atoms with Crippen molar-refractivity contribution in [1.82, 2.24) is 0 Å².